The van der Waals surface area contributed by atoms with Crippen molar-refractivity contribution in [3.63, 3.8) is 0 Å². The van der Waals surface area contributed by atoms with Crippen molar-refractivity contribution in [1.29, 1.82) is 0 Å². The van der Waals surface area contributed by atoms with Crippen molar-refractivity contribution < 1.29 is 14.4 Å². The summed E-state index contributed by atoms with van der Waals surface area (Å²) < 4.78 is 0. The zero-order valence-corrected chi connectivity index (χ0v) is 16.6. The number of hydrogen-bond donors (Lipinski definition) is 3. The number of carbonyl (C=O) groups excluding carboxylic acids is 3. The van der Waals surface area contributed by atoms with Gasteiger partial charge in [0.15, 0.2) is 0 Å². The Morgan fingerprint density at radius 1 is 0.968 bits per heavy atom. The number of imide groups is 1. The molecule has 1 aliphatic heterocycles. The van der Waals surface area contributed by atoms with Crippen LogP contribution in [-0.2, 0) is 16.0 Å². The van der Waals surface area contributed by atoms with Crippen molar-refractivity contribution in [2.75, 3.05) is 11.9 Å². The number of carbonyl (C=O) groups is 3. The molecule has 4 aromatic rings. The standard InChI is InChI=1S/C24H20N4O3/c29-22(26-18-10-9-15-5-1-2-6-16(15)11-18)14-28-23(30)21(27-24(28)31)12-17-13-25-20-8-4-3-7-19(17)20/h1-11,13,21,25H,12,14H2,(H,26,29)(H,27,31)/t21-/m0/s1. The Labute approximate surface area is 178 Å². The molecule has 4 amide bonds. The van der Waals surface area contributed by atoms with Crippen LogP contribution in [0.1, 0.15) is 5.56 Å². The molecule has 0 saturated carbocycles. The molecule has 5 rings (SSSR count). The van der Waals surface area contributed by atoms with E-state index in [1.807, 2.05) is 66.9 Å². The number of H-pyrrole nitrogens is 1. The van der Waals surface area contributed by atoms with Gasteiger partial charge in [0.1, 0.15) is 12.6 Å². The lowest BCUT2D eigenvalue weighted by molar-refractivity contribution is -0.130. The second-order valence-electron chi connectivity index (χ2n) is 7.60. The van der Waals surface area contributed by atoms with E-state index >= 15 is 0 Å². The summed E-state index contributed by atoms with van der Waals surface area (Å²) in [6.07, 6.45) is 2.20. The van der Waals surface area contributed by atoms with E-state index < -0.39 is 23.9 Å². The second-order valence-corrected chi connectivity index (χ2v) is 7.60. The molecule has 2 heterocycles. The van der Waals surface area contributed by atoms with E-state index in [1.165, 1.54) is 0 Å². The highest BCUT2D eigenvalue weighted by atomic mass is 16.2. The summed E-state index contributed by atoms with van der Waals surface area (Å²) in [7, 11) is 0. The van der Waals surface area contributed by atoms with Crippen molar-refractivity contribution in [2.45, 2.75) is 12.5 Å². The monoisotopic (exact) mass is 412 g/mol. The molecular weight excluding hydrogens is 392 g/mol. The zero-order valence-electron chi connectivity index (χ0n) is 16.6. The van der Waals surface area contributed by atoms with Crippen LogP contribution in [0.5, 0.6) is 0 Å². The van der Waals surface area contributed by atoms with Crippen LogP contribution in [0.15, 0.2) is 72.9 Å². The average molecular weight is 412 g/mol. The third-order valence-electron chi connectivity index (χ3n) is 5.54. The van der Waals surface area contributed by atoms with E-state index in [0.29, 0.717) is 12.1 Å². The normalized spacial score (nSPS) is 16.1. The predicted molar refractivity (Wildman–Crippen MR) is 119 cm³/mol. The van der Waals surface area contributed by atoms with Gasteiger partial charge in [-0.3, -0.25) is 14.5 Å². The molecule has 1 aliphatic rings. The van der Waals surface area contributed by atoms with Crippen LogP contribution in [-0.4, -0.2) is 40.3 Å². The van der Waals surface area contributed by atoms with Gasteiger partial charge in [-0.1, -0.05) is 48.5 Å². The van der Waals surface area contributed by atoms with Gasteiger partial charge in [-0.25, -0.2) is 4.79 Å². The minimum absolute atomic E-state index is 0.331. The van der Waals surface area contributed by atoms with Gasteiger partial charge in [-0.2, -0.15) is 0 Å². The fraction of sp³-hybridized carbons (Fsp3) is 0.125. The number of aromatic amines is 1. The van der Waals surface area contributed by atoms with Crippen LogP contribution in [0.3, 0.4) is 0 Å². The third-order valence-corrected chi connectivity index (χ3v) is 5.54. The van der Waals surface area contributed by atoms with Crippen LogP contribution in [0, 0.1) is 0 Å². The topological polar surface area (TPSA) is 94.3 Å². The predicted octanol–water partition coefficient (Wildman–Crippen LogP) is 3.42. The van der Waals surface area contributed by atoms with E-state index in [0.717, 1.165) is 32.1 Å². The molecule has 1 aromatic heterocycles. The van der Waals surface area contributed by atoms with Gasteiger partial charge in [0.25, 0.3) is 5.91 Å². The Kier molecular flexibility index (Phi) is 4.63. The largest absolute Gasteiger partial charge is 0.361 e. The smallest absolute Gasteiger partial charge is 0.325 e. The minimum atomic E-state index is -0.694. The minimum Gasteiger partial charge on any atom is -0.361 e. The Bertz CT molecular complexity index is 1330. The molecule has 1 atom stereocenters. The Balaban J connectivity index is 1.26. The van der Waals surface area contributed by atoms with E-state index in [9.17, 15) is 14.4 Å². The van der Waals surface area contributed by atoms with Crippen LogP contribution >= 0.6 is 0 Å². The summed E-state index contributed by atoms with van der Waals surface area (Å²) in [5, 5.41) is 8.53. The molecule has 0 bridgehead atoms. The summed E-state index contributed by atoms with van der Waals surface area (Å²) in [5.41, 5.74) is 2.53. The maximum atomic E-state index is 12.8. The van der Waals surface area contributed by atoms with Gasteiger partial charge in [0.05, 0.1) is 0 Å². The van der Waals surface area contributed by atoms with Crippen molar-refractivity contribution in [1.82, 2.24) is 15.2 Å². The SMILES string of the molecule is O=C(CN1C(=O)N[C@@H](Cc2c[nH]c3ccccc23)C1=O)Nc1ccc2ccccc2c1. The van der Waals surface area contributed by atoms with Crippen molar-refractivity contribution in [2.24, 2.45) is 0 Å². The first-order valence-corrected chi connectivity index (χ1v) is 10.0. The molecule has 1 fully saturated rings. The Morgan fingerprint density at radius 2 is 1.74 bits per heavy atom. The van der Waals surface area contributed by atoms with Gasteiger partial charge in [0.2, 0.25) is 5.91 Å². The highest BCUT2D eigenvalue weighted by Gasteiger charge is 2.39. The highest BCUT2D eigenvalue weighted by Crippen LogP contribution is 2.22. The van der Waals surface area contributed by atoms with Gasteiger partial charge < -0.3 is 15.6 Å². The highest BCUT2D eigenvalue weighted by molar-refractivity contribution is 6.08. The quantitative estimate of drug-likeness (QED) is 0.439. The number of aromatic nitrogens is 1. The summed E-state index contributed by atoms with van der Waals surface area (Å²) in [6.45, 7) is -0.331. The molecule has 31 heavy (non-hydrogen) atoms. The van der Waals surface area contributed by atoms with Gasteiger partial charge in [0, 0.05) is 29.2 Å². The molecule has 0 radical (unpaired) electrons. The van der Waals surface area contributed by atoms with E-state index in [4.69, 9.17) is 0 Å². The van der Waals surface area contributed by atoms with E-state index in [-0.39, 0.29) is 6.54 Å². The van der Waals surface area contributed by atoms with Gasteiger partial charge in [-0.05, 0) is 34.5 Å². The summed E-state index contributed by atoms with van der Waals surface area (Å²) in [6, 6.07) is 19.9. The van der Waals surface area contributed by atoms with Crippen LogP contribution < -0.4 is 10.6 Å². The number of anilines is 1. The zero-order chi connectivity index (χ0) is 21.4. The molecule has 0 spiro atoms. The maximum Gasteiger partial charge on any atom is 0.325 e. The Hall–Kier alpha value is -4.13. The summed E-state index contributed by atoms with van der Waals surface area (Å²) in [5.74, 6) is -0.824. The molecule has 0 aliphatic carbocycles. The number of rotatable bonds is 5. The van der Waals surface area contributed by atoms with Gasteiger partial charge in [-0.15, -0.1) is 0 Å². The summed E-state index contributed by atoms with van der Waals surface area (Å²) in [4.78, 5) is 41.8. The first-order valence-electron chi connectivity index (χ1n) is 10.0. The van der Waals surface area contributed by atoms with Crippen molar-refractivity contribution in [3.05, 3.63) is 78.5 Å². The van der Waals surface area contributed by atoms with Crippen LogP contribution in [0.25, 0.3) is 21.7 Å². The van der Waals surface area contributed by atoms with Crippen molar-refractivity contribution >= 4 is 45.2 Å². The van der Waals surface area contributed by atoms with Gasteiger partial charge >= 0.3 is 6.03 Å². The van der Waals surface area contributed by atoms with E-state index in [1.54, 1.807) is 6.07 Å². The number of benzene rings is 3. The van der Waals surface area contributed by atoms with Crippen LogP contribution in [0.4, 0.5) is 10.5 Å². The number of nitrogens with zero attached hydrogens (tertiary/aromatic N) is 1. The van der Waals surface area contributed by atoms with Crippen LogP contribution in [0.2, 0.25) is 0 Å². The Morgan fingerprint density at radius 3 is 2.61 bits per heavy atom. The lowest BCUT2D eigenvalue weighted by Gasteiger charge is -2.13. The average Bonchev–Trinajstić information content (AvgIpc) is 3.30. The van der Waals surface area contributed by atoms with Crippen molar-refractivity contribution in [3.8, 4) is 0 Å². The molecule has 154 valence electrons. The lowest BCUT2D eigenvalue weighted by atomic mass is 10.1. The molecule has 3 aromatic carbocycles. The number of nitrogens with one attached hydrogen (secondary N) is 3. The number of para-hydroxylation sites is 1. The van der Waals surface area contributed by atoms with E-state index in [2.05, 4.69) is 15.6 Å². The first-order chi connectivity index (χ1) is 15.1. The lowest BCUT2D eigenvalue weighted by Crippen LogP contribution is -2.38. The number of urea groups is 1. The number of amides is 4. The molecule has 3 N–H and O–H groups in total. The third kappa shape index (κ3) is 3.61. The second kappa shape index (κ2) is 7.60. The molecule has 7 nitrogen and oxygen atoms in total. The first kappa shape index (κ1) is 18.9. The number of hydrogen-bond acceptors (Lipinski definition) is 3. The fourth-order valence-electron chi connectivity index (χ4n) is 4.00. The molecule has 0 unspecified atom stereocenters. The fourth-order valence-corrected chi connectivity index (χ4v) is 4.00. The molecular formula is C24H20N4O3. The molecule has 7 heteroatoms. The summed E-state index contributed by atoms with van der Waals surface area (Å²) >= 11 is 0. The molecule has 1 saturated heterocycles. The number of fused-ring (bicyclic) bond motifs is 2. The maximum absolute atomic E-state index is 12.8.